The number of carbonyl (C=O) groups is 1. The lowest BCUT2D eigenvalue weighted by molar-refractivity contribution is -0.132. The van der Waals surface area contributed by atoms with Gasteiger partial charge in [0.2, 0.25) is 5.91 Å². The molecule has 1 N–H and O–H groups in total. The van der Waals surface area contributed by atoms with E-state index in [0.717, 1.165) is 18.4 Å². The molecule has 0 radical (unpaired) electrons. The second-order valence-corrected chi connectivity index (χ2v) is 7.76. The molecule has 0 spiro atoms. The van der Waals surface area contributed by atoms with Gasteiger partial charge < -0.3 is 19.1 Å². The van der Waals surface area contributed by atoms with Crippen molar-refractivity contribution in [1.29, 1.82) is 0 Å². The molecule has 3 aromatic rings. The third-order valence-corrected chi connectivity index (χ3v) is 5.68. The average Bonchev–Trinajstić information content (AvgIpc) is 3.45. The van der Waals surface area contributed by atoms with E-state index in [0.29, 0.717) is 54.5 Å². The molecule has 4 rings (SSSR count). The van der Waals surface area contributed by atoms with Crippen LogP contribution in [-0.4, -0.2) is 39.6 Å². The standard InChI is InChI=1S/C23H26N4O4/c1-15-18(13-16-7-4-3-5-8-16)23(29)25-22(24-15)19-9-6-12-27(19)21(28)11-10-17-14-20(30-2)26-31-17/h3-5,7-8,14,19H,6,9-13H2,1-2H3,(H,24,25,29)/t19-/m0/s1. The number of aromatic amines is 1. The molecule has 0 aliphatic carbocycles. The zero-order valence-corrected chi connectivity index (χ0v) is 17.8. The number of hydrogen-bond acceptors (Lipinski definition) is 6. The van der Waals surface area contributed by atoms with Gasteiger partial charge in [0.1, 0.15) is 11.6 Å². The molecular formula is C23H26N4O4. The first kappa shape index (κ1) is 20.8. The van der Waals surface area contributed by atoms with E-state index in [1.807, 2.05) is 42.2 Å². The first-order valence-electron chi connectivity index (χ1n) is 10.5. The number of aromatic nitrogens is 3. The van der Waals surface area contributed by atoms with Crippen molar-refractivity contribution in [2.45, 2.75) is 45.1 Å². The van der Waals surface area contributed by atoms with Gasteiger partial charge in [-0.2, -0.15) is 0 Å². The molecule has 0 unspecified atom stereocenters. The van der Waals surface area contributed by atoms with E-state index in [9.17, 15) is 9.59 Å². The molecule has 1 aliphatic heterocycles. The highest BCUT2D eigenvalue weighted by Crippen LogP contribution is 2.30. The quantitative estimate of drug-likeness (QED) is 0.628. The predicted molar refractivity (Wildman–Crippen MR) is 114 cm³/mol. The summed E-state index contributed by atoms with van der Waals surface area (Å²) < 4.78 is 10.2. The highest BCUT2D eigenvalue weighted by atomic mass is 16.5. The number of methoxy groups -OCH3 is 1. The van der Waals surface area contributed by atoms with Crippen LogP contribution < -0.4 is 10.3 Å². The number of amides is 1. The predicted octanol–water partition coefficient (Wildman–Crippen LogP) is 2.96. The number of nitrogens with zero attached hydrogens (tertiary/aromatic N) is 3. The first-order valence-corrected chi connectivity index (χ1v) is 10.5. The molecular weight excluding hydrogens is 396 g/mol. The monoisotopic (exact) mass is 422 g/mol. The van der Waals surface area contributed by atoms with Crippen molar-refractivity contribution in [3.05, 3.63) is 75.2 Å². The molecule has 1 fully saturated rings. The maximum Gasteiger partial charge on any atom is 0.254 e. The largest absolute Gasteiger partial charge is 0.479 e. The third kappa shape index (κ3) is 4.68. The summed E-state index contributed by atoms with van der Waals surface area (Å²) in [7, 11) is 1.52. The lowest BCUT2D eigenvalue weighted by Gasteiger charge is -2.24. The number of aryl methyl sites for hydroxylation is 2. The summed E-state index contributed by atoms with van der Waals surface area (Å²) in [6, 6.07) is 11.3. The summed E-state index contributed by atoms with van der Waals surface area (Å²) in [5.74, 6) is 1.57. The van der Waals surface area contributed by atoms with Crippen LogP contribution in [0.3, 0.4) is 0 Å². The van der Waals surface area contributed by atoms with Gasteiger partial charge in [0.25, 0.3) is 11.4 Å². The molecule has 1 saturated heterocycles. The van der Waals surface area contributed by atoms with Crippen molar-refractivity contribution >= 4 is 5.91 Å². The van der Waals surface area contributed by atoms with Crippen LogP contribution in [0.25, 0.3) is 0 Å². The zero-order chi connectivity index (χ0) is 21.8. The Bertz CT molecular complexity index is 1110. The molecule has 31 heavy (non-hydrogen) atoms. The summed E-state index contributed by atoms with van der Waals surface area (Å²) in [5.41, 5.74) is 2.28. The summed E-state index contributed by atoms with van der Waals surface area (Å²) in [6.45, 7) is 2.51. The zero-order valence-electron chi connectivity index (χ0n) is 17.8. The normalized spacial score (nSPS) is 15.9. The van der Waals surface area contributed by atoms with Crippen LogP contribution in [0.2, 0.25) is 0 Å². The van der Waals surface area contributed by atoms with Gasteiger partial charge in [0.15, 0.2) is 0 Å². The van der Waals surface area contributed by atoms with Gasteiger partial charge in [0.05, 0.1) is 13.2 Å². The van der Waals surface area contributed by atoms with Crippen LogP contribution in [0.5, 0.6) is 5.88 Å². The molecule has 1 atom stereocenters. The Morgan fingerprint density at radius 2 is 2.13 bits per heavy atom. The van der Waals surface area contributed by atoms with E-state index in [4.69, 9.17) is 9.26 Å². The second-order valence-electron chi connectivity index (χ2n) is 7.76. The Morgan fingerprint density at radius 1 is 1.32 bits per heavy atom. The van der Waals surface area contributed by atoms with Gasteiger partial charge in [-0.3, -0.25) is 9.59 Å². The van der Waals surface area contributed by atoms with Crippen LogP contribution >= 0.6 is 0 Å². The molecule has 0 saturated carbocycles. The van der Waals surface area contributed by atoms with E-state index < -0.39 is 0 Å². The van der Waals surface area contributed by atoms with E-state index in [-0.39, 0.29) is 17.5 Å². The van der Waals surface area contributed by atoms with Gasteiger partial charge in [-0.1, -0.05) is 30.3 Å². The fourth-order valence-corrected chi connectivity index (χ4v) is 4.03. The summed E-state index contributed by atoms with van der Waals surface area (Å²) >= 11 is 0. The molecule has 1 amide bonds. The fourth-order valence-electron chi connectivity index (χ4n) is 4.03. The Hall–Kier alpha value is -3.42. The minimum Gasteiger partial charge on any atom is -0.479 e. The van der Waals surface area contributed by atoms with E-state index in [1.165, 1.54) is 7.11 Å². The van der Waals surface area contributed by atoms with Crippen LogP contribution in [0.1, 0.15) is 53.7 Å². The number of benzene rings is 1. The van der Waals surface area contributed by atoms with Gasteiger partial charge in [-0.15, -0.1) is 0 Å². The number of hydrogen-bond donors (Lipinski definition) is 1. The molecule has 1 aromatic carbocycles. The van der Waals surface area contributed by atoms with E-state index in [1.54, 1.807) is 6.07 Å². The molecule has 8 heteroatoms. The summed E-state index contributed by atoms with van der Waals surface area (Å²) in [5, 5.41) is 3.76. The number of nitrogens with one attached hydrogen (secondary N) is 1. The van der Waals surface area contributed by atoms with Crippen molar-refractivity contribution in [2.24, 2.45) is 0 Å². The van der Waals surface area contributed by atoms with Crippen molar-refractivity contribution < 1.29 is 14.1 Å². The molecule has 3 heterocycles. The average molecular weight is 422 g/mol. The summed E-state index contributed by atoms with van der Waals surface area (Å²) in [6.07, 6.45) is 2.92. The molecule has 1 aliphatic rings. The van der Waals surface area contributed by atoms with E-state index in [2.05, 4.69) is 15.1 Å². The van der Waals surface area contributed by atoms with Crippen LogP contribution in [0.4, 0.5) is 0 Å². The maximum atomic E-state index is 12.9. The minimum absolute atomic E-state index is 0.00605. The van der Waals surface area contributed by atoms with Crippen molar-refractivity contribution in [1.82, 2.24) is 20.0 Å². The third-order valence-electron chi connectivity index (χ3n) is 5.68. The maximum absolute atomic E-state index is 12.9. The number of rotatable bonds is 7. The van der Waals surface area contributed by atoms with Gasteiger partial charge in [-0.05, 0) is 30.5 Å². The van der Waals surface area contributed by atoms with Crippen LogP contribution in [-0.2, 0) is 17.6 Å². The first-order chi connectivity index (χ1) is 15.0. The Labute approximate surface area is 180 Å². The Balaban J connectivity index is 1.47. The Morgan fingerprint density at radius 3 is 2.84 bits per heavy atom. The summed E-state index contributed by atoms with van der Waals surface area (Å²) in [4.78, 5) is 35.1. The van der Waals surface area contributed by atoms with E-state index >= 15 is 0 Å². The second kappa shape index (κ2) is 9.16. The fraction of sp³-hybridized carbons (Fsp3) is 0.391. The molecule has 2 aromatic heterocycles. The Kier molecular flexibility index (Phi) is 6.16. The van der Waals surface area contributed by atoms with Crippen molar-refractivity contribution in [3.8, 4) is 5.88 Å². The molecule has 0 bridgehead atoms. The number of carbonyl (C=O) groups excluding carboxylic acids is 1. The number of ether oxygens (including phenoxy) is 1. The minimum atomic E-state index is -0.214. The number of H-pyrrole nitrogens is 1. The molecule has 8 nitrogen and oxygen atoms in total. The lowest BCUT2D eigenvalue weighted by Crippen LogP contribution is -2.33. The SMILES string of the molecule is COc1cc(CCC(=O)N2CCC[C@H]2c2nc(C)c(Cc3ccccc3)c(=O)[nH]2)on1. The lowest BCUT2D eigenvalue weighted by atomic mass is 10.0. The van der Waals surface area contributed by atoms with Gasteiger partial charge in [0, 0.05) is 43.1 Å². The van der Waals surface area contributed by atoms with Crippen molar-refractivity contribution in [3.63, 3.8) is 0 Å². The van der Waals surface area contributed by atoms with Crippen LogP contribution in [0, 0.1) is 6.92 Å². The van der Waals surface area contributed by atoms with Crippen LogP contribution in [0.15, 0.2) is 45.7 Å². The van der Waals surface area contributed by atoms with Crippen molar-refractivity contribution in [2.75, 3.05) is 13.7 Å². The van der Waals surface area contributed by atoms with Gasteiger partial charge >= 0.3 is 0 Å². The smallest absolute Gasteiger partial charge is 0.254 e. The highest BCUT2D eigenvalue weighted by molar-refractivity contribution is 5.77. The molecule has 162 valence electrons. The van der Waals surface area contributed by atoms with Gasteiger partial charge in [-0.25, -0.2) is 4.98 Å². The highest BCUT2D eigenvalue weighted by Gasteiger charge is 2.32. The number of likely N-dealkylation sites (tertiary alicyclic amines) is 1. The topological polar surface area (TPSA) is 101 Å².